The van der Waals surface area contributed by atoms with E-state index >= 15 is 0 Å². The fourth-order valence-corrected chi connectivity index (χ4v) is 1.71. The third kappa shape index (κ3) is 6.36. The highest BCUT2D eigenvalue weighted by atomic mass is 32.1. The van der Waals surface area contributed by atoms with E-state index in [1.165, 1.54) is 5.56 Å². The number of benzene rings is 1. The van der Waals surface area contributed by atoms with Crippen molar-refractivity contribution < 1.29 is 4.74 Å². The summed E-state index contributed by atoms with van der Waals surface area (Å²) < 4.78 is 5.61. The van der Waals surface area contributed by atoms with Crippen molar-refractivity contribution in [2.75, 3.05) is 26.2 Å². The molecule has 0 aliphatic carbocycles. The van der Waals surface area contributed by atoms with Crippen molar-refractivity contribution >= 4 is 17.2 Å². The lowest BCUT2D eigenvalue weighted by molar-refractivity contribution is 0.0984. The summed E-state index contributed by atoms with van der Waals surface area (Å²) in [7, 11) is 0. The van der Waals surface area contributed by atoms with Gasteiger partial charge < -0.3 is 10.5 Å². The van der Waals surface area contributed by atoms with E-state index in [4.69, 9.17) is 22.7 Å². The summed E-state index contributed by atoms with van der Waals surface area (Å²) in [6.07, 6.45) is 0. The lowest BCUT2D eigenvalue weighted by atomic mass is 10.2. The Bertz CT molecular complexity index is 329. The molecule has 4 heteroatoms. The maximum Gasteiger partial charge on any atom is 0.0870 e. The van der Waals surface area contributed by atoms with Gasteiger partial charge in [0.15, 0.2) is 0 Å². The highest BCUT2D eigenvalue weighted by molar-refractivity contribution is 7.80. The van der Waals surface area contributed by atoms with Crippen molar-refractivity contribution in [2.45, 2.75) is 13.5 Å². The van der Waals surface area contributed by atoms with Crippen LogP contribution in [0.1, 0.15) is 12.5 Å². The summed E-state index contributed by atoms with van der Waals surface area (Å²) in [4.78, 5) is 2.71. The standard InChI is InChI=1S/C13H20N2OS/c1-2-15(10-13(14)17)8-9-16-11-12-6-4-3-5-7-12/h3-7H,2,8-11H2,1H3,(H2,14,17). The summed E-state index contributed by atoms with van der Waals surface area (Å²) in [5.41, 5.74) is 6.71. The minimum absolute atomic E-state index is 0.537. The predicted molar refractivity (Wildman–Crippen MR) is 75.0 cm³/mol. The van der Waals surface area contributed by atoms with Crippen molar-refractivity contribution in [3.63, 3.8) is 0 Å². The lowest BCUT2D eigenvalue weighted by Gasteiger charge is -2.19. The van der Waals surface area contributed by atoms with Crippen LogP contribution in [0.4, 0.5) is 0 Å². The SMILES string of the molecule is CCN(CCOCc1ccccc1)CC(N)=S. The molecule has 2 N–H and O–H groups in total. The van der Waals surface area contributed by atoms with E-state index in [0.717, 1.165) is 13.1 Å². The third-order valence-corrected chi connectivity index (χ3v) is 2.62. The monoisotopic (exact) mass is 252 g/mol. The van der Waals surface area contributed by atoms with Crippen LogP contribution in [-0.2, 0) is 11.3 Å². The summed E-state index contributed by atoms with van der Waals surface area (Å²) in [6, 6.07) is 10.2. The van der Waals surface area contributed by atoms with Gasteiger partial charge >= 0.3 is 0 Å². The van der Waals surface area contributed by atoms with Crippen LogP contribution in [0.25, 0.3) is 0 Å². The Balaban J connectivity index is 2.16. The quantitative estimate of drug-likeness (QED) is 0.566. The highest BCUT2D eigenvalue weighted by Crippen LogP contribution is 2.00. The molecular weight excluding hydrogens is 232 g/mol. The molecule has 0 radical (unpaired) electrons. The average Bonchev–Trinajstić information content (AvgIpc) is 2.34. The van der Waals surface area contributed by atoms with Crippen molar-refractivity contribution in [3.05, 3.63) is 35.9 Å². The average molecular weight is 252 g/mol. The van der Waals surface area contributed by atoms with Gasteiger partial charge in [0, 0.05) is 13.1 Å². The van der Waals surface area contributed by atoms with Gasteiger partial charge in [-0.25, -0.2) is 0 Å². The first-order valence-corrected chi connectivity index (χ1v) is 6.25. The first kappa shape index (κ1) is 14.1. The van der Waals surface area contributed by atoms with E-state index in [1.54, 1.807) is 0 Å². The van der Waals surface area contributed by atoms with Crippen molar-refractivity contribution in [1.82, 2.24) is 4.90 Å². The van der Waals surface area contributed by atoms with Gasteiger partial charge in [-0.3, -0.25) is 4.90 Å². The van der Waals surface area contributed by atoms with E-state index in [-0.39, 0.29) is 0 Å². The Morgan fingerprint density at radius 2 is 2.06 bits per heavy atom. The third-order valence-electron chi connectivity index (χ3n) is 2.49. The Morgan fingerprint density at radius 3 is 2.65 bits per heavy atom. The van der Waals surface area contributed by atoms with Gasteiger partial charge in [-0.15, -0.1) is 0 Å². The Kier molecular flexibility index (Phi) is 6.77. The second-order valence-corrected chi connectivity index (χ2v) is 4.40. The molecule has 1 aromatic carbocycles. The Hall–Kier alpha value is -0.970. The summed E-state index contributed by atoms with van der Waals surface area (Å²) >= 11 is 4.89. The first-order valence-electron chi connectivity index (χ1n) is 5.84. The molecule has 1 rings (SSSR count). The Labute approximate surface area is 109 Å². The molecule has 0 aliphatic rings. The maximum absolute atomic E-state index is 5.61. The number of hydrogen-bond acceptors (Lipinski definition) is 3. The van der Waals surface area contributed by atoms with Gasteiger partial charge in [0.25, 0.3) is 0 Å². The molecule has 0 saturated heterocycles. The van der Waals surface area contributed by atoms with Crippen LogP contribution >= 0.6 is 12.2 Å². The fraction of sp³-hybridized carbons (Fsp3) is 0.462. The van der Waals surface area contributed by atoms with Crippen LogP contribution in [0.5, 0.6) is 0 Å². The summed E-state index contributed by atoms with van der Waals surface area (Å²) in [5.74, 6) is 0. The molecule has 0 bridgehead atoms. The smallest absolute Gasteiger partial charge is 0.0870 e. The molecule has 17 heavy (non-hydrogen) atoms. The molecule has 1 aromatic rings. The second-order valence-electron chi connectivity index (χ2n) is 3.87. The molecule has 0 fully saturated rings. The van der Waals surface area contributed by atoms with Crippen LogP contribution in [0.2, 0.25) is 0 Å². The largest absolute Gasteiger partial charge is 0.392 e. The van der Waals surface area contributed by atoms with Gasteiger partial charge in [0.1, 0.15) is 0 Å². The molecule has 0 heterocycles. The normalized spacial score (nSPS) is 10.7. The molecule has 0 saturated carbocycles. The van der Waals surface area contributed by atoms with Crippen molar-refractivity contribution in [2.24, 2.45) is 5.73 Å². The zero-order valence-corrected chi connectivity index (χ0v) is 11.1. The predicted octanol–water partition coefficient (Wildman–Crippen LogP) is 1.81. The minimum Gasteiger partial charge on any atom is -0.392 e. The topological polar surface area (TPSA) is 38.5 Å². The van der Waals surface area contributed by atoms with Gasteiger partial charge in [0.05, 0.1) is 18.2 Å². The van der Waals surface area contributed by atoms with Crippen LogP contribution in [-0.4, -0.2) is 36.1 Å². The van der Waals surface area contributed by atoms with Crippen LogP contribution < -0.4 is 5.73 Å². The second kappa shape index (κ2) is 8.17. The highest BCUT2D eigenvalue weighted by Gasteiger charge is 2.03. The van der Waals surface area contributed by atoms with Crippen molar-refractivity contribution in [1.29, 1.82) is 0 Å². The van der Waals surface area contributed by atoms with E-state index in [1.807, 2.05) is 18.2 Å². The molecule has 0 atom stereocenters. The number of ether oxygens (including phenoxy) is 1. The van der Waals surface area contributed by atoms with E-state index in [2.05, 4.69) is 24.0 Å². The van der Waals surface area contributed by atoms with Crippen molar-refractivity contribution in [3.8, 4) is 0 Å². The molecule has 94 valence electrons. The number of nitrogens with zero attached hydrogens (tertiary/aromatic N) is 1. The minimum atomic E-state index is 0.537. The number of rotatable bonds is 8. The van der Waals surface area contributed by atoms with Gasteiger partial charge in [-0.1, -0.05) is 49.5 Å². The van der Waals surface area contributed by atoms with Gasteiger partial charge in [0.2, 0.25) is 0 Å². The molecule has 0 aliphatic heterocycles. The summed E-state index contributed by atoms with van der Waals surface area (Å²) in [5, 5.41) is 0. The number of thiocarbonyl (C=S) groups is 1. The van der Waals surface area contributed by atoms with Crippen LogP contribution in [0.3, 0.4) is 0 Å². The number of likely N-dealkylation sites (N-methyl/N-ethyl adjacent to an activating group) is 1. The lowest BCUT2D eigenvalue weighted by Crippen LogP contribution is -2.35. The van der Waals surface area contributed by atoms with Crippen LogP contribution in [0.15, 0.2) is 30.3 Å². The maximum atomic E-state index is 5.61. The van der Waals surface area contributed by atoms with E-state index in [9.17, 15) is 0 Å². The molecule has 0 aromatic heterocycles. The first-order chi connectivity index (χ1) is 8.22. The molecular formula is C13H20N2OS. The fourth-order valence-electron chi connectivity index (χ4n) is 1.53. The molecule has 0 unspecified atom stereocenters. The summed E-state index contributed by atoms with van der Waals surface area (Å²) in [6.45, 7) is 5.92. The van der Waals surface area contributed by atoms with Gasteiger partial charge in [-0.05, 0) is 12.1 Å². The van der Waals surface area contributed by atoms with Crippen LogP contribution in [0, 0.1) is 0 Å². The molecule has 0 amide bonds. The number of hydrogen-bond donors (Lipinski definition) is 1. The molecule has 0 spiro atoms. The Morgan fingerprint density at radius 1 is 1.35 bits per heavy atom. The van der Waals surface area contributed by atoms with E-state index < -0.39 is 0 Å². The van der Waals surface area contributed by atoms with E-state index in [0.29, 0.717) is 24.7 Å². The zero-order valence-electron chi connectivity index (χ0n) is 10.3. The number of nitrogens with two attached hydrogens (primary N) is 1. The zero-order chi connectivity index (χ0) is 12.5. The van der Waals surface area contributed by atoms with Gasteiger partial charge in [-0.2, -0.15) is 0 Å². The molecule has 3 nitrogen and oxygen atoms in total.